The van der Waals surface area contributed by atoms with E-state index in [0.717, 1.165) is 12.0 Å². The Morgan fingerprint density at radius 3 is 2.39 bits per heavy atom. The first-order valence-electron chi connectivity index (χ1n) is 6.56. The average molecular weight is 249 g/mol. The van der Waals surface area contributed by atoms with Crippen molar-refractivity contribution in [2.24, 2.45) is 5.92 Å². The lowest BCUT2D eigenvalue weighted by molar-refractivity contribution is -0.123. The van der Waals surface area contributed by atoms with E-state index < -0.39 is 0 Å². The summed E-state index contributed by atoms with van der Waals surface area (Å²) in [6, 6.07) is 9.79. The molecule has 0 fully saturated rings. The molecule has 0 saturated carbocycles. The average Bonchev–Trinajstić information content (AvgIpc) is 2.39. The van der Waals surface area contributed by atoms with E-state index in [1.807, 2.05) is 51.1 Å². The van der Waals surface area contributed by atoms with E-state index >= 15 is 0 Å². The second-order valence-corrected chi connectivity index (χ2v) is 4.83. The van der Waals surface area contributed by atoms with Gasteiger partial charge in [0.2, 0.25) is 5.91 Å². The van der Waals surface area contributed by atoms with Gasteiger partial charge in [-0.3, -0.25) is 4.79 Å². The summed E-state index contributed by atoms with van der Waals surface area (Å²) >= 11 is 0. The van der Waals surface area contributed by atoms with Crippen molar-refractivity contribution in [2.75, 3.05) is 6.61 Å². The first-order valence-corrected chi connectivity index (χ1v) is 6.56. The van der Waals surface area contributed by atoms with Gasteiger partial charge >= 0.3 is 0 Å². The molecule has 1 aromatic rings. The molecule has 1 amide bonds. The minimum Gasteiger partial charge on any atom is -0.396 e. The van der Waals surface area contributed by atoms with Crippen molar-refractivity contribution in [1.29, 1.82) is 0 Å². The van der Waals surface area contributed by atoms with Crippen LogP contribution in [0.5, 0.6) is 0 Å². The van der Waals surface area contributed by atoms with Gasteiger partial charge in [-0.1, -0.05) is 44.2 Å². The smallest absolute Gasteiger partial charge is 0.227 e. The highest BCUT2D eigenvalue weighted by atomic mass is 16.3. The normalized spacial score (nSPS) is 15.8. The van der Waals surface area contributed by atoms with E-state index in [-0.39, 0.29) is 30.4 Å². The van der Waals surface area contributed by atoms with E-state index in [4.69, 9.17) is 5.11 Å². The fourth-order valence-electron chi connectivity index (χ4n) is 1.88. The Morgan fingerprint density at radius 1 is 1.28 bits per heavy atom. The predicted octanol–water partition coefficient (Wildman–Crippen LogP) is 2.31. The summed E-state index contributed by atoms with van der Waals surface area (Å²) in [5.41, 5.74) is 1.04. The molecular weight excluding hydrogens is 226 g/mol. The third-order valence-electron chi connectivity index (χ3n) is 3.44. The molecule has 0 heterocycles. The Hall–Kier alpha value is -1.35. The quantitative estimate of drug-likeness (QED) is 0.813. The zero-order valence-electron chi connectivity index (χ0n) is 11.4. The number of aliphatic hydroxyl groups excluding tert-OH is 1. The first kappa shape index (κ1) is 14.7. The summed E-state index contributed by atoms with van der Waals surface area (Å²) in [5, 5.41) is 12.1. The second-order valence-electron chi connectivity index (χ2n) is 4.83. The van der Waals surface area contributed by atoms with Crippen molar-refractivity contribution in [3.8, 4) is 0 Å². The molecule has 0 aliphatic rings. The summed E-state index contributed by atoms with van der Waals surface area (Å²) in [4.78, 5) is 12.2. The minimum absolute atomic E-state index is 0.0136. The van der Waals surface area contributed by atoms with Crippen molar-refractivity contribution < 1.29 is 9.90 Å². The van der Waals surface area contributed by atoms with E-state index in [0.29, 0.717) is 0 Å². The minimum atomic E-state index is -0.112. The maximum atomic E-state index is 12.2. The largest absolute Gasteiger partial charge is 0.396 e. The molecule has 0 aliphatic heterocycles. The van der Waals surface area contributed by atoms with Crippen LogP contribution in [0.15, 0.2) is 30.3 Å². The number of amides is 1. The molecule has 0 aliphatic carbocycles. The summed E-state index contributed by atoms with van der Waals surface area (Å²) < 4.78 is 0. The number of rotatable bonds is 6. The molecule has 0 saturated heterocycles. The van der Waals surface area contributed by atoms with Gasteiger partial charge in [0.25, 0.3) is 0 Å². The van der Waals surface area contributed by atoms with Crippen LogP contribution in [0.1, 0.15) is 38.7 Å². The second kappa shape index (κ2) is 7.17. The van der Waals surface area contributed by atoms with Gasteiger partial charge in [-0.2, -0.15) is 0 Å². The molecule has 3 nitrogen and oxygen atoms in total. The zero-order chi connectivity index (χ0) is 13.5. The van der Waals surface area contributed by atoms with Crippen LogP contribution < -0.4 is 5.32 Å². The number of hydrogen-bond acceptors (Lipinski definition) is 2. The predicted molar refractivity (Wildman–Crippen MR) is 73.3 cm³/mol. The van der Waals surface area contributed by atoms with Crippen LogP contribution in [-0.4, -0.2) is 23.7 Å². The number of carbonyl (C=O) groups excluding carboxylic acids is 1. The van der Waals surface area contributed by atoms with Gasteiger partial charge in [-0.05, 0) is 24.8 Å². The van der Waals surface area contributed by atoms with Crippen LogP contribution in [0.2, 0.25) is 0 Å². The van der Waals surface area contributed by atoms with Crippen LogP contribution in [0.4, 0.5) is 0 Å². The number of hydrogen-bond donors (Lipinski definition) is 2. The highest BCUT2D eigenvalue weighted by Gasteiger charge is 2.21. The van der Waals surface area contributed by atoms with Crippen LogP contribution in [0.25, 0.3) is 0 Å². The Morgan fingerprint density at radius 2 is 1.89 bits per heavy atom. The van der Waals surface area contributed by atoms with Crippen molar-refractivity contribution in [2.45, 2.75) is 39.2 Å². The van der Waals surface area contributed by atoms with Crippen LogP contribution in [0.3, 0.4) is 0 Å². The van der Waals surface area contributed by atoms with E-state index in [1.54, 1.807) is 0 Å². The molecule has 0 spiro atoms. The monoisotopic (exact) mass is 249 g/mol. The summed E-state index contributed by atoms with van der Waals surface area (Å²) in [6.07, 6.45) is 0.774. The first-order chi connectivity index (χ1) is 8.60. The third-order valence-corrected chi connectivity index (χ3v) is 3.44. The zero-order valence-corrected chi connectivity index (χ0v) is 11.4. The fraction of sp³-hybridized carbons (Fsp3) is 0.533. The lowest BCUT2D eigenvalue weighted by Gasteiger charge is -2.23. The Kier molecular flexibility index (Phi) is 5.86. The maximum Gasteiger partial charge on any atom is 0.227 e. The van der Waals surface area contributed by atoms with Gasteiger partial charge in [0, 0.05) is 12.6 Å². The summed E-state index contributed by atoms with van der Waals surface area (Å²) in [6.45, 7) is 5.95. The lowest BCUT2D eigenvalue weighted by atomic mass is 9.94. The van der Waals surface area contributed by atoms with E-state index in [2.05, 4.69) is 5.32 Å². The number of carbonyl (C=O) groups is 1. The van der Waals surface area contributed by atoms with Crippen LogP contribution in [-0.2, 0) is 4.79 Å². The fourth-order valence-corrected chi connectivity index (χ4v) is 1.88. The van der Waals surface area contributed by atoms with Gasteiger partial charge in [-0.25, -0.2) is 0 Å². The van der Waals surface area contributed by atoms with Crippen molar-refractivity contribution in [3.63, 3.8) is 0 Å². The molecular formula is C15H23NO2. The molecule has 2 N–H and O–H groups in total. The lowest BCUT2D eigenvalue weighted by Crippen LogP contribution is -2.40. The van der Waals surface area contributed by atoms with Gasteiger partial charge in [0.1, 0.15) is 0 Å². The van der Waals surface area contributed by atoms with Gasteiger partial charge < -0.3 is 10.4 Å². The molecule has 18 heavy (non-hydrogen) atoms. The van der Waals surface area contributed by atoms with Crippen LogP contribution in [0, 0.1) is 5.92 Å². The third kappa shape index (κ3) is 3.84. The van der Waals surface area contributed by atoms with E-state index in [9.17, 15) is 4.79 Å². The van der Waals surface area contributed by atoms with Crippen molar-refractivity contribution in [3.05, 3.63) is 35.9 Å². The van der Waals surface area contributed by atoms with Gasteiger partial charge in [0.15, 0.2) is 0 Å². The van der Waals surface area contributed by atoms with E-state index in [1.165, 1.54) is 0 Å². The standard InChI is InChI=1S/C15H23NO2/c1-4-14(13-8-6-5-7-9-13)15(18)16-12(3)11(2)10-17/h5-9,11-12,14,17H,4,10H2,1-3H3,(H,16,18). The molecule has 0 radical (unpaired) electrons. The number of aliphatic hydroxyl groups is 1. The topological polar surface area (TPSA) is 49.3 Å². The summed E-state index contributed by atoms with van der Waals surface area (Å²) in [5.74, 6) is -0.00160. The molecule has 1 aromatic carbocycles. The Bertz CT molecular complexity index is 364. The molecule has 0 aromatic heterocycles. The molecule has 3 atom stereocenters. The van der Waals surface area contributed by atoms with Crippen molar-refractivity contribution >= 4 is 5.91 Å². The molecule has 100 valence electrons. The molecule has 3 heteroatoms. The number of benzene rings is 1. The Balaban J connectivity index is 2.69. The summed E-state index contributed by atoms with van der Waals surface area (Å²) in [7, 11) is 0. The molecule has 1 rings (SSSR count). The highest BCUT2D eigenvalue weighted by molar-refractivity contribution is 5.83. The number of nitrogens with one attached hydrogen (secondary N) is 1. The SMILES string of the molecule is CCC(C(=O)NC(C)C(C)CO)c1ccccc1. The van der Waals surface area contributed by atoms with Gasteiger partial charge in [0.05, 0.1) is 5.92 Å². The Labute approximate surface area is 109 Å². The van der Waals surface area contributed by atoms with Crippen LogP contribution >= 0.6 is 0 Å². The van der Waals surface area contributed by atoms with Crippen molar-refractivity contribution in [1.82, 2.24) is 5.32 Å². The molecule has 0 bridgehead atoms. The maximum absolute atomic E-state index is 12.2. The highest BCUT2D eigenvalue weighted by Crippen LogP contribution is 2.19. The van der Waals surface area contributed by atoms with Gasteiger partial charge in [-0.15, -0.1) is 0 Å². The molecule has 3 unspecified atom stereocenters.